The lowest BCUT2D eigenvalue weighted by Gasteiger charge is -2.20. The third kappa shape index (κ3) is 5.24. The minimum Gasteiger partial charge on any atom is -0.393 e. The maximum absolute atomic E-state index is 13.1. The Morgan fingerprint density at radius 2 is 1.57 bits per heavy atom. The zero-order valence-electron chi connectivity index (χ0n) is 17.0. The summed E-state index contributed by atoms with van der Waals surface area (Å²) in [5.74, 6) is 0.0641. The number of benzene rings is 2. The number of rotatable bonds is 9. The molecule has 1 amide bonds. The summed E-state index contributed by atoms with van der Waals surface area (Å²) in [5, 5.41) is 3.16. The normalized spacial score (nSPS) is 11.7. The van der Waals surface area contributed by atoms with E-state index in [1.807, 2.05) is 67.6 Å². The number of nitrogens with zero attached hydrogens (tertiary/aromatic N) is 2. The monoisotopic (exact) mass is 406 g/mol. The lowest BCUT2D eigenvalue weighted by molar-refractivity contribution is -0.121. The minimum absolute atomic E-state index is 0.00943. The summed E-state index contributed by atoms with van der Waals surface area (Å²) in [4.78, 5) is 21.4. The summed E-state index contributed by atoms with van der Waals surface area (Å²) in [6.07, 6.45) is 1.37. The molecule has 0 fully saturated rings. The SMILES string of the molecule is COCC(C)Nc1ncnc(NNC(=O)C(c2ccccc2)c2ccccc2)c1N. The van der Waals surface area contributed by atoms with Gasteiger partial charge in [-0.2, -0.15) is 0 Å². The number of ether oxygens (including phenoxy) is 1. The molecule has 3 aromatic rings. The second-order valence-corrected chi connectivity index (χ2v) is 6.85. The van der Waals surface area contributed by atoms with Gasteiger partial charge in [0.05, 0.1) is 12.5 Å². The number of carbonyl (C=O) groups excluding carboxylic acids is 1. The van der Waals surface area contributed by atoms with E-state index >= 15 is 0 Å². The first-order valence-corrected chi connectivity index (χ1v) is 9.62. The lowest BCUT2D eigenvalue weighted by Crippen LogP contribution is -2.35. The minimum atomic E-state index is -0.484. The maximum atomic E-state index is 13.1. The highest BCUT2D eigenvalue weighted by molar-refractivity contribution is 5.88. The van der Waals surface area contributed by atoms with E-state index in [-0.39, 0.29) is 11.9 Å². The summed E-state index contributed by atoms with van der Waals surface area (Å²) >= 11 is 0. The number of hydrazine groups is 1. The molecule has 30 heavy (non-hydrogen) atoms. The molecule has 0 bridgehead atoms. The van der Waals surface area contributed by atoms with Crippen molar-refractivity contribution in [3.8, 4) is 0 Å². The Hall–Kier alpha value is -3.65. The van der Waals surface area contributed by atoms with Crippen molar-refractivity contribution in [2.75, 3.05) is 30.2 Å². The van der Waals surface area contributed by atoms with Gasteiger partial charge in [0.2, 0.25) is 5.91 Å². The predicted molar refractivity (Wildman–Crippen MR) is 118 cm³/mol. The summed E-state index contributed by atoms with van der Waals surface area (Å²) in [6, 6.07) is 19.2. The first-order valence-electron chi connectivity index (χ1n) is 9.62. The fourth-order valence-electron chi connectivity index (χ4n) is 3.11. The van der Waals surface area contributed by atoms with Crippen molar-refractivity contribution in [3.05, 3.63) is 78.1 Å². The highest BCUT2D eigenvalue weighted by Gasteiger charge is 2.23. The Bertz CT molecular complexity index is 913. The van der Waals surface area contributed by atoms with E-state index in [9.17, 15) is 4.79 Å². The molecular weight excluding hydrogens is 380 g/mol. The van der Waals surface area contributed by atoms with Gasteiger partial charge in [-0.1, -0.05) is 60.7 Å². The molecule has 0 aliphatic carbocycles. The van der Waals surface area contributed by atoms with Gasteiger partial charge in [-0.05, 0) is 18.1 Å². The molecule has 0 aliphatic rings. The zero-order chi connectivity index (χ0) is 21.3. The van der Waals surface area contributed by atoms with Crippen LogP contribution in [0.5, 0.6) is 0 Å². The Morgan fingerprint density at radius 3 is 2.13 bits per heavy atom. The molecule has 8 heteroatoms. The highest BCUT2D eigenvalue weighted by atomic mass is 16.5. The Kier molecular flexibility index (Phi) is 7.18. The van der Waals surface area contributed by atoms with Gasteiger partial charge in [-0.15, -0.1) is 0 Å². The smallest absolute Gasteiger partial charge is 0.250 e. The zero-order valence-corrected chi connectivity index (χ0v) is 17.0. The first-order chi connectivity index (χ1) is 14.6. The number of nitrogens with two attached hydrogens (primary N) is 1. The van der Waals surface area contributed by atoms with Crippen LogP contribution in [0.2, 0.25) is 0 Å². The van der Waals surface area contributed by atoms with Crippen LogP contribution in [0.1, 0.15) is 24.0 Å². The van der Waals surface area contributed by atoms with E-state index in [0.717, 1.165) is 11.1 Å². The molecule has 1 unspecified atom stereocenters. The molecule has 0 aliphatic heterocycles. The Morgan fingerprint density at radius 1 is 1.00 bits per heavy atom. The summed E-state index contributed by atoms with van der Waals surface area (Å²) in [7, 11) is 1.62. The van der Waals surface area contributed by atoms with Crippen molar-refractivity contribution in [3.63, 3.8) is 0 Å². The number of nitrogen functional groups attached to an aromatic ring is 1. The van der Waals surface area contributed by atoms with Gasteiger partial charge >= 0.3 is 0 Å². The van der Waals surface area contributed by atoms with Crippen molar-refractivity contribution >= 4 is 23.2 Å². The Balaban J connectivity index is 1.76. The summed E-state index contributed by atoms with van der Waals surface area (Å²) in [6.45, 7) is 2.45. The molecule has 156 valence electrons. The number of nitrogens with one attached hydrogen (secondary N) is 3. The highest BCUT2D eigenvalue weighted by Crippen LogP contribution is 2.26. The standard InChI is InChI=1S/C22H26N6O2/c1-15(13-30-2)26-20-19(23)21(25-14-24-20)27-28-22(29)18(16-9-5-3-6-10-16)17-11-7-4-8-12-17/h3-12,14-15,18H,13,23H2,1-2H3,(H,28,29)(H2,24,25,26,27). The molecule has 1 heterocycles. The molecule has 5 N–H and O–H groups in total. The van der Waals surface area contributed by atoms with Gasteiger partial charge in [0.25, 0.3) is 0 Å². The first kappa shape index (κ1) is 21.1. The van der Waals surface area contributed by atoms with Crippen LogP contribution in [0.15, 0.2) is 67.0 Å². The fraction of sp³-hybridized carbons (Fsp3) is 0.227. The number of methoxy groups -OCH3 is 1. The second-order valence-electron chi connectivity index (χ2n) is 6.85. The van der Waals surface area contributed by atoms with Gasteiger partial charge in [0.15, 0.2) is 11.6 Å². The molecular formula is C22H26N6O2. The predicted octanol–water partition coefficient (Wildman–Crippen LogP) is 2.78. The molecule has 1 aromatic heterocycles. The Labute approximate surface area is 175 Å². The van der Waals surface area contributed by atoms with Crippen LogP contribution in [0.4, 0.5) is 17.3 Å². The summed E-state index contributed by atoms with van der Waals surface area (Å²) in [5.41, 5.74) is 13.8. The molecule has 3 rings (SSSR count). The third-order valence-electron chi connectivity index (χ3n) is 4.52. The van der Waals surface area contributed by atoms with E-state index in [1.54, 1.807) is 7.11 Å². The molecule has 0 saturated heterocycles. The van der Waals surface area contributed by atoms with E-state index in [2.05, 4.69) is 26.1 Å². The lowest BCUT2D eigenvalue weighted by atomic mass is 9.91. The molecule has 8 nitrogen and oxygen atoms in total. The molecule has 0 radical (unpaired) electrons. The van der Waals surface area contributed by atoms with Gasteiger partial charge < -0.3 is 15.8 Å². The largest absolute Gasteiger partial charge is 0.393 e. The molecule has 0 spiro atoms. The van der Waals surface area contributed by atoms with Crippen LogP contribution in [-0.4, -0.2) is 35.6 Å². The van der Waals surface area contributed by atoms with E-state index in [4.69, 9.17) is 10.5 Å². The van der Waals surface area contributed by atoms with Crippen LogP contribution in [0.3, 0.4) is 0 Å². The van der Waals surface area contributed by atoms with Gasteiger partial charge in [-0.3, -0.25) is 15.6 Å². The summed E-state index contributed by atoms with van der Waals surface area (Å²) < 4.78 is 5.12. The molecule has 1 atom stereocenters. The fourth-order valence-corrected chi connectivity index (χ4v) is 3.11. The number of carbonyl (C=O) groups is 1. The molecule has 0 saturated carbocycles. The van der Waals surface area contributed by atoms with Crippen LogP contribution < -0.4 is 21.9 Å². The average Bonchev–Trinajstić information content (AvgIpc) is 2.76. The quantitative estimate of drug-likeness (QED) is 0.404. The number of hydrogen-bond donors (Lipinski definition) is 4. The van der Waals surface area contributed by atoms with Crippen LogP contribution in [0.25, 0.3) is 0 Å². The number of anilines is 3. The van der Waals surface area contributed by atoms with Crippen molar-refractivity contribution < 1.29 is 9.53 Å². The van der Waals surface area contributed by atoms with Gasteiger partial charge in [0, 0.05) is 13.2 Å². The maximum Gasteiger partial charge on any atom is 0.250 e. The number of hydrogen-bond acceptors (Lipinski definition) is 7. The van der Waals surface area contributed by atoms with Crippen molar-refractivity contribution in [1.29, 1.82) is 0 Å². The van der Waals surface area contributed by atoms with Gasteiger partial charge in [0.1, 0.15) is 12.0 Å². The van der Waals surface area contributed by atoms with E-state index < -0.39 is 5.92 Å². The average molecular weight is 406 g/mol. The molecule has 2 aromatic carbocycles. The second kappa shape index (κ2) is 10.2. The van der Waals surface area contributed by atoms with Crippen molar-refractivity contribution in [1.82, 2.24) is 15.4 Å². The number of amides is 1. The van der Waals surface area contributed by atoms with Crippen LogP contribution in [-0.2, 0) is 9.53 Å². The van der Waals surface area contributed by atoms with E-state index in [0.29, 0.717) is 23.9 Å². The van der Waals surface area contributed by atoms with Crippen molar-refractivity contribution in [2.45, 2.75) is 18.9 Å². The topological polar surface area (TPSA) is 114 Å². The van der Waals surface area contributed by atoms with Crippen LogP contribution in [0, 0.1) is 0 Å². The van der Waals surface area contributed by atoms with E-state index in [1.165, 1.54) is 6.33 Å². The van der Waals surface area contributed by atoms with Crippen molar-refractivity contribution in [2.24, 2.45) is 0 Å². The van der Waals surface area contributed by atoms with Gasteiger partial charge in [-0.25, -0.2) is 9.97 Å². The number of aromatic nitrogens is 2. The third-order valence-corrected chi connectivity index (χ3v) is 4.52. The van der Waals surface area contributed by atoms with Crippen LogP contribution >= 0.6 is 0 Å².